The SMILES string of the molecule is CCN1CCN(c2ccc(C3CC(c4ccc(OC)c(OC)c4)=NN3C(C)=O)cc2)CC1. The molecule has 0 saturated carbocycles. The summed E-state index contributed by atoms with van der Waals surface area (Å²) in [5.41, 5.74) is 4.13. The van der Waals surface area contributed by atoms with Gasteiger partial charge in [-0.15, -0.1) is 0 Å². The summed E-state index contributed by atoms with van der Waals surface area (Å²) in [4.78, 5) is 17.3. The Balaban J connectivity index is 1.52. The summed E-state index contributed by atoms with van der Waals surface area (Å²) >= 11 is 0. The fourth-order valence-corrected chi connectivity index (χ4v) is 4.48. The number of likely N-dealkylation sites (N-methyl/N-ethyl adjacent to an activating group) is 1. The predicted molar refractivity (Wildman–Crippen MR) is 127 cm³/mol. The molecule has 0 N–H and O–H groups in total. The van der Waals surface area contributed by atoms with Crippen LogP contribution in [0.2, 0.25) is 0 Å². The van der Waals surface area contributed by atoms with E-state index in [9.17, 15) is 4.79 Å². The molecule has 2 aromatic rings. The van der Waals surface area contributed by atoms with Crippen LogP contribution < -0.4 is 14.4 Å². The summed E-state index contributed by atoms with van der Waals surface area (Å²) in [6, 6.07) is 14.2. The highest BCUT2D eigenvalue weighted by Gasteiger charge is 2.32. The standard InChI is InChI=1S/C25H32N4O3/c1-5-27-12-14-28(15-13-27)21-9-6-19(7-10-21)23-17-22(26-29(23)18(2)30)20-8-11-24(31-3)25(16-20)32-4/h6-11,16,23H,5,12-15,17H2,1-4H3. The maximum Gasteiger partial charge on any atom is 0.240 e. The first-order valence-corrected chi connectivity index (χ1v) is 11.2. The quantitative estimate of drug-likeness (QED) is 0.693. The Hall–Kier alpha value is -3.06. The Morgan fingerprint density at radius 3 is 2.28 bits per heavy atom. The summed E-state index contributed by atoms with van der Waals surface area (Å²) in [7, 11) is 3.23. The van der Waals surface area contributed by atoms with Gasteiger partial charge >= 0.3 is 0 Å². The van der Waals surface area contributed by atoms with Gasteiger partial charge in [0.1, 0.15) is 0 Å². The second kappa shape index (κ2) is 9.61. The van der Waals surface area contributed by atoms with Gasteiger partial charge in [0, 0.05) is 50.8 Å². The number of piperazine rings is 1. The first-order chi connectivity index (χ1) is 15.5. The number of ether oxygens (including phenoxy) is 2. The van der Waals surface area contributed by atoms with E-state index < -0.39 is 0 Å². The molecule has 0 aromatic heterocycles. The zero-order chi connectivity index (χ0) is 22.7. The minimum absolute atomic E-state index is 0.0646. The molecular weight excluding hydrogens is 404 g/mol. The largest absolute Gasteiger partial charge is 0.493 e. The monoisotopic (exact) mass is 436 g/mol. The molecule has 1 unspecified atom stereocenters. The van der Waals surface area contributed by atoms with E-state index in [0.29, 0.717) is 17.9 Å². The molecule has 0 aliphatic carbocycles. The molecule has 4 rings (SSSR count). The summed E-state index contributed by atoms with van der Waals surface area (Å²) < 4.78 is 10.8. The molecule has 1 amide bonds. The van der Waals surface area contributed by atoms with Gasteiger partial charge in [-0.25, -0.2) is 5.01 Å². The molecule has 1 fully saturated rings. The van der Waals surface area contributed by atoms with Crippen LogP contribution in [0.4, 0.5) is 5.69 Å². The number of benzene rings is 2. The second-order valence-electron chi connectivity index (χ2n) is 8.21. The number of hydrazone groups is 1. The molecule has 7 nitrogen and oxygen atoms in total. The molecule has 1 saturated heterocycles. The van der Waals surface area contributed by atoms with Gasteiger partial charge in [-0.05, 0) is 42.4 Å². The lowest BCUT2D eigenvalue weighted by Crippen LogP contribution is -2.46. The highest BCUT2D eigenvalue weighted by atomic mass is 16.5. The number of hydrogen-bond donors (Lipinski definition) is 0. The van der Waals surface area contributed by atoms with Crippen molar-refractivity contribution in [3.63, 3.8) is 0 Å². The Bertz CT molecular complexity index is 981. The first-order valence-electron chi connectivity index (χ1n) is 11.2. The predicted octanol–water partition coefficient (Wildman–Crippen LogP) is 3.54. The van der Waals surface area contributed by atoms with E-state index in [1.165, 1.54) is 5.69 Å². The Kier molecular flexibility index (Phi) is 6.65. The number of anilines is 1. The normalized spacial score (nSPS) is 19.1. The third kappa shape index (κ3) is 4.43. The average molecular weight is 437 g/mol. The molecule has 7 heteroatoms. The van der Waals surface area contributed by atoms with E-state index in [-0.39, 0.29) is 11.9 Å². The van der Waals surface area contributed by atoms with Crippen molar-refractivity contribution < 1.29 is 14.3 Å². The van der Waals surface area contributed by atoms with E-state index >= 15 is 0 Å². The first kappa shape index (κ1) is 22.1. The summed E-state index contributed by atoms with van der Waals surface area (Å²) in [6.07, 6.45) is 0.656. The smallest absolute Gasteiger partial charge is 0.240 e. The molecule has 170 valence electrons. The number of hydrogen-bond acceptors (Lipinski definition) is 6. The summed E-state index contributed by atoms with van der Waals surface area (Å²) in [5.74, 6) is 1.26. The molecular formula is C25H32N4O3. The van der Waals surface area contributed by atoms with Crippen molar-refractivity contribution in [2.45, 2.75) is 26.3 Å². The minimum Gasteiger partial charge on any atom is -0.493 e. The topological polar surface area (TPSA) is 57.6 Å². The number of carbonyl (C=O) groups is 1. The maximum absolute atomic E-state index is 12.4. The number of amides is 1. The van der Waals surface area contributed by atoms with Crippen LogP contribution in [-0.4, -0.2) is 68.5 Å². The van der Waals surface area contributed by atoms with Gasteiger partial charge in [0.15, 0.2) is 11.5 Å². The van der Waals surface area contributed by atoms with Crippen LogP contribution in [0.3, 0.4) is 0 Å². The lowest BCUT2D eigenvalue weighted by atomic mass is 9.97. The summed E-state index contributed by atoms with van der Waals surface area (Å²) in [6.45, 7) is 9.17. The molecule has 0 spiro atoms. The van der Waals surface area contributed by atoms with E-state index in [4.69, 9.17) is 9.47 Å². The number of methoxy groups -OCH3 is 2. The van der Waals surface area contributed by atoms with Gasteiger partial charge in [-0.2, -0.15) is 5.10 Å². The van der Waals surface area contributed by atoms with Gasteiger partial charge in [0.2, 0.25) is 5.91 Å². The van der Waals surface area contributed by atoms with Gasteiger partial charge in [0.05, 0.1) is 26.0 Å². The van der Waals surface area contributed by atoms with Gasteiger partial charge < -0.3 is 19.3 Å². The fourth-order valence-electron chi connectivity index (χ4n) is 4.48. The molecule has 2 aliphatic rings. The Morgan fingerprint density at radius 1 is 1.00 bits per heavy atom. The van der Waals surface area contributed by atoms with Crippen molar-refractivity contribution in [1.82, 2.24) is 9.91 Å². The highest BCUT2D eigenvalue weighted by molar-refractivity contribution is 6.03. The van der Waals surface area contributed by atoms with E-state index in [0.717, 1.165) is 49.6 Å². The van der Waals surface area contributed by atoms with E-state index in [1.54, 1.807) is 26.2 Å². The molecule has 0 bridgehead atoms. The molecule has 0 radical (unpaired) electrons. The number of rotatable bonds is 6. The van der Waals surface area contributed by atoms with Crippen molar-refractivity contribution in [2.75, 3.05) is 51.8 Å². The third-order valence-corrected chi connectivity index (χ3v) is 6.41. The van der Waals surface area contributed by atoms with E-state index in [2.05, 4.69) is 46.1 Å². The average Bonchev–Trinajstić information content (AvgIpc) is 3.30. The van der Waals surface area contributed by atoms with Crippen molar-refractivity contribution in [3.8, 4) is 11.5 Å². The van der Waals surface area contributed by atoms with Crippen molar-refractivity contribution >= 4 is 17.3 Å². The third-order valence-electron chi connectivity index (χ3n) is 6.41. The molecule has 2 aliphatic heterocycles. The van der Waals surface area contributed by atoms with Crippen molar-refractivity contribution in [3.05, 3.63) is 53.6 Å². The van der Waals surface area contributed by atoms with Crippen molar-refractivity contribution in [1.29, 1.82) is 0 Å². The second-order valence-corrected chi connectivity index (χ2v) is 8.21. The zero-order valence-electron chi connectivity index (χ0n) is 19.4. The van der Waals surface area contributed by atoms with Crippen LogP contribution >= 0.6 is 0 Å². The molecule has 32 heavy (non-hydrogen) atoms. The molecule has 2 heterocycles. The Labute approximate surface area is 190 Å². The van der Waals surface area contributed by atoms with Crippen LogP contribution in [-0.2, 0) is 4.79 Å². The molecule has 2 aromatic carbocycles. The van der Waals surface area contributed by atoms with Crippen LogP contribution in [0.1, 0.15) is 37.4 Å². The number of nitrogens with zero attached hydrogens (tertiary/aromatic N) is 4. The lowest BCUT2D eigenvalue weighted by Gasteiger charge is -2.35. The summed E-state index contributed by atoms with van der Waals surface area (Å²) in [5, 5.41) is 6.26. The van der Waals surface area contributed by atoms with Gasteiger partial charge in [-0.3, -0.25) is 4.79 Å². The van der Waals surface area contributed by atoms with Crippen LogP contribution in [0.25, 0.3) is 0 Å². The van der Waals surface area contributed by atoms with Crippen LogP contribution in [0, 0.1) is 0 Å². The van der Waals surface area contributed by atoms with Gasteiger partial charge in [-0.1, -0.05) is 19.1 Å². The van der Waals surface area contributed by atoms with E-state index in [1.807, 2.05) is 18.2 Å². The zero-order valence-corrected chi connectivity index (χ0v) is 19.4. The highest BCUT2D eigenvalue weighted by Crippen LogP contribution is 2.36. The lowest BCUT2D eigenvalue weighted by molar-refractivity contribution is -0.130. The Morgan fingerprint density at radius 2 is 1.69 bits per heavy atom. The van der Waals surface area contributed by atoms with Crippen LogP contribution in [0.15, 0.2) is 47.6 Å². The fraction of sp³-hybridized carbons (Fsp3) is 0.440. The molecule has 1 atom stereocenters. The van der Waals surface area contributed by atoms with Gasteiger partial charge in [0.25, 0.3) is 0 Å². The maximum atomic E-state index is 12.4. The minimum atomic E-state index is -0.110. The van der Waals surface area contributed by atoms with Crippen LogP contribution in [0.5, 0.6) is 11.5 Å². The number of carbonyl (C=O) groups excluding carboxylic acids is 1. The van der Waals surface area contributed by atoms with Crippen molar-refractivity contribution in [2.24, 2.45) is 5.10 Å².